The molecule has 2 aliphatic rings. The number of halogens is 3. The molecule has 0 amide bonds. The highest BCUT2D eigenvalue weighted by Gasteiger charge is 2.30. The van der Waals surface area contributed by atoms with Gasteiger partial charge in [0, 0.05) is 67.0 Å². The molecule has 2 aliphatic heterocycles. The molecule has 1 fully saturated rings. The third-order valence-corrected chi connectivity index (χ3v) is 8.99. The van der Waals surface area contributed by atoms with Crippen LogP contribution in [-0.4, -0.2) is 58.3 Å². The van der Waals surface area contributed by atoms with Gasteiger partial charge >= 0.3 is 18.0 Å². The van der Waals surface area contributed by atoms with Crippen molar-refractivity contribution in [1.29, 1.82) is 0 Å². The minimum Gasteiger partial charge on any atom is -0.490 e. The number of hydrogen-bond acceptors (Lipinski definition) is 8. The number of hydrogen-bond donors (Lipinski definition) is 0. The Morgan fingerprint density at radius 2 is 1.62 bits per heavy atom. The van der Waals surface area contributed by atoms with Crippen LogP contribution in [0, 0.1) is 10.1 Å². The van der Waals surface area contributed by atoms with Crippen LogP contribution in [0.25, 0.3) is 0 Å². The summed E-state index contributed by atoms with van der Waals surface area (Å²) in [6, 6.07) is 22.0. The van der Waals surface area contributed by atoms with Crippen molar-refractivity contribution in [3.63, 3.8) is 0 Å². The highest BCUT2D eigenvalue weighted by atomic mass is 32.2. The van der Waals surface area contributed by atoms with Gasteiger partial charge in [0.2, 0.25) is 0 Å². The summed E-state index contributed by atoms with van der Waals surface area (Å²) < 4.78 is 51.7. The average Bonchev–Trinajstić information content (AvgIpc) is 3.48. The molecule has 0 radical (unpaired) electrons. The van der Waals surface area contributed by atoms with Gasteiger partial charge in [-0.25, -0.2) is 0 Å². The van der Waals surface area contributed by atoms with Crippen LogP contribution in [0.5, 0.6) is 11.8 Å². The van der Waals surface area contributed by atoms with Crippen LogP contribution in [0.15, 0.2) is 83.9 Å². The molecule has 4 aromatic rings. The molecule has 3 heterocycles. The fraction of sp³-hybridized carbons (Fsp3) is 0.344. The smallest absolute Gasteiger partial charge is 0.416 e. The van der Waals surface area contributed by atoms with Gasteiger partial charge in [-0.1, -0.05) is 24.3 Å². The quantitative estimate of drug-likeness (QED) is 0.108. The van der Waals surface area contributed by atoms with E-state index in [-0.39, 0.29) is 17.9 Å². The van der Waals surface area contributed by atoms with Crippen LogP contribution in [0.2, 0.25) is 0 Å². The summed E-state index contributed by atoms with van der Waals surface area (Å²) in [7, 11) is 0. The molecule has 0 aliphatic carbocycles. The summed E-state index contributed by atoms with van der Waals surface area (Å²) in [6.07, 6.45) is -2.47. The summed E-state index contributed by atoms with van der Waals surface area (Å²) in [6.45, 7) is 5.49. The fourth-order valence-electron chi connectivity index (χ4n) is 5.35. The van der Waals surface area contributed by atoms with E-state index in [1.54, 1.807) is 16.3 Å². The molecule has 13 heteroatoms. The predicted octanol–water partition coefficient (Wildman–Crippen LogP) is 6.65. The first-order valence-electron chi connectivity index (χ1n) is 14.7. The van der Waals surface area contributed by atoms with Crippen LogP contribution >= 0.6 is 11.8 Å². The van der Waals surface area contributed by atoms with E-state index in [4.69, 9.17) is 9.47 Å². The van der Waals surface area contributed by atoms with E-state index < -0.39 is 16.7 Å². The number of aromatic nitrogens is 2. The number of piperazine rings is 1. The van der Waals surface area contributed by atoms with Crippen LogP contribution in [0.1, 0.15) is 23.1 Å². The molecule has 0 unspecified atom stereocenters. The van der Waals surface area contributed by atoms with Gasteiger partial charge in [0.05, 0.1) is 5.56 Å². The molecule has 1 atom stereocenters. The van der Waals surface area contributed by atoms with Crippen LogP contribution in [0.4, 0.5) is 24.7 Å². The topological polar surface area (TPSA) is 85.9 Å². The van der Waals surface area contributed by atoms with E-state index in [1.165, 1.54) is 23.9 Å². The summed E-state index contributed by atoms with van der Waals surface area (Å²) in [5.74, 6) is 1.14. The first-order chi connectivity index (χ1) is 21.7. The third-order valence-electron chi connectivity index (χ3n) is 7.90. The van der Waals surface area contributed by atoms with Gasteiger partial charge in [0.1, 0.15) is 24.7 Å². The van der Waals surface area contributed by atoms with Gasteiger partial charge in [-0.2, -0.15) is 13.2 Å². The van der Waals surface area contributed by atoms with Crippen molar-refractivity contribution < 1.29 is 27.6 Å². The number of benzene rings is 3. The SMILES string of the molecule is O=[N+]([O-])c1cn2c(n1)O[C@@H](COc1ccc(N3CCN(Cc4ccc(SCc5ccc(C(F)(F)F)cc5)cc4)CC3)cc1)CC2. The minimum atomic E-state index is -4.31. The molecule has 1 saturated heterocycles. The van der Waals surface area contributed by atoms with Crippen molar-refractivity contribution in [2.75, 3.05) is 37.7 Å². The second-order valence-electron chi connectivity index (χ2n) is 11.1. The maximum atomic E-state index is 12.8. The number of nitrogens with zero attached hydrogens (tertiary/aromatic N) is 5. The number of fused-ring (bicyclic) bond motifs is 1. The largest absolute Gasteiger partial charge is 0.490 e. The molecule has 9 nitrogen and oxygen atoms in total. The lowest BCUT2D eigenvalue weighted by atomic mass is 10.1. The zero-order valence-electron chi connectivity index (χ0n) is 24.4. The molecule has 0 saturated carbocycles. The Bertz CT molecular complexity index is 1590. The maximum absolute atomic E-state index is 12.8. The monoisotopic (exact) mass is 639 g/mol. The number of rotatable bonds is 10. The first kappa shape index (κ1) is 30.8. The molecule has 3 aromatic carbocycles. The number of alkyl halides is 3. The summed E-state index contributed by atoms with van der Waals surface area (Å²) in [5.41, 5.74) is 2.60. The van der Waals surface area contributed by atoms with Crippen LogP contribution in [-0.2, 0) is 25.0 Å². The zero-order valence-corrected chi connectivity index (χ0v) is 25.2. The number of thioether (sulfide) groups is 1. The van der Waals surface area contributed by atoms with Gasteiger partial charge in [-0.05, 0) is 64.6 Å². The van der Waals surface area contributed by atoms with Crippen LogP contribution < -0.4 is 14.4 Å². The van der Waals surface area contributed by atoms with E-state index in [0.717, 1.165) is 66.8 Å². The Morgan fingerprint density at radius 3 is 2.29 bits per heavy atom. The van der Waals surface area contributed by atoms with Crippen molar-refractivity contribution in [3.05, 3.63) is 106 Å². The molecular weight excluding hydrogens is 607 g/mol. The van der Waals surface area contributed by atoms with Gasteiger partial charge in [-0.3, -0.25) is 9.47 Å². The minimum absolute atomic E-state index is 0.217. The van der Waals surface area contributed by atoms with E-state index in [1.807, 2.05) is 12.1 Å². The number of aryl methyl sites for hydroxylation is 1. The fourth-order valence-corrected chi connectivity index (χ4v) is 6.20. The Labute approximate surface area is 262 Å². The second kappa shape index (κ2) is 13.4. The lowest BCUT2D eigenvalue weighted by Crippen LogP contribution is -2.45. The van der Waals surface area contributed by atoms with Crippen molar-refractivity contribution >= 4 is 23.3 Å². The van der Waals surface area contributed by atoms with Crippen molar-refractivity contribution in [3.8, 4) is 11.8 Å². The molecule has 1 aromatic heterocycles. The second-order valence-corrected chi connectivity index (χ2v) is 12.1. The van der Waals surface area contributed by atoms with Crippen molar-refractivity contribution in [2.24, 2.45) is 0 Å². The van der Waals surface area contributed by atoms with Gasteiger partial charge in [0.15, 0.2) is 0 Å². The van der Waals surface area contributed by atoms with Gasteiger partial charge < -0.3 is 24.5 Å². The number of imidazole rings is 1. The Morgan fingerprint density at radius 1 is 0.933 bits per heavy atom. The van der Waals surface area contributed by atoms with E-state index >= 15 is 0 Å². The molecular formula is C32H32F3N5O4S. The van der Waals surface area contributed by atoms with Crippen molar-refractivity contribution in [1.82, 2.24) is 14.5 Å². The Kier molecular flexibility index (Phi) is 9.17. The lowest BCUT2D eigenvalue weighted by molar-refractivity contribution is -0.389. The lowest BCUT2D eigenvalue weighted by Gasteiger charge is -2.36. The molecule has 236 valence electrons. The zero-order chi connectivity index (χ0) is 31.4. The standard InChI is InChI=1S/C32H32F3N5O4S/c33-32(34,35)25-5-1-24(2-6-25)22-45-29-11-3-23(4-12-29)19-37-15-17-38(18-16-37)26-7-9-27(10-8-26)43-21-28-13-14-39-20-30(40(41)42)36-31(39)44-28/h1-12,20,28H,13-19,21-22H2/t28-/m1/s1. The normalized spacial score (nSPS) is 17.0. The Balaban J connectivity index is 0.914. The highest BCUT2D eigenvalue weighted by Crippen LogP contribution is 2.31. The van der Waals surface area contributed by atoms with Crippen molar-refractivity contribution in [2.45, 2.75) is 42.4 Å². The molecule has 0 spiro atoms. The Hall–Kier alpha value is -4.23. The van der Waals surface area contributed by atoms with Crippen LogP contribution in [0.3, 0.4) is 0 Å². The summed E-state index contributed by atoms with van der Waals surface area (Å²) >= 11 is 1.61. The average molecular weight is 640 g/mol. The van der Waals surface area contributed by atoms with E-state index in [0.29, 0.717) is 25.3 Å². The van der Waals surface area contributed by atoms with Gasteiger partial charge in [-0.15, -0.1) is 11.8 Å². The molecule has 0 N–H and O–H groups in total. The van der Waals surface area contributed by atoms with E-state index in [9.17, 15) is 23.3 Å². The summed E-state index contributed by atoms with van der Waals surface area (Å²) in [5, 5.41) is 11.0. The number of anilines is 1. The number of ether oxygens (including phenoxy) is 2. The maximum Gasteiger partial charge on any atom is 0.416 e. The van der Waals surface area contributed by atoms with E-state index in [2.05, 4.69) is 51.2 Å². The van der Waals surface area contributed by atoms with Gasteiger partial charge in [0.25, 0.3) is 0 Å². The summed E-state index contributed by atoms with van der Waals surface area (Å²) in [4.78, 5) is 20.2. The molecule has 0 bridgehead atoms. The first-order valence-corrected chi connectivity index (χ1v) is 15.6. The number of nitro groups is 1. The molecule has 6 rings (SSSR count). The molecule has 45 heavy (non-hydrogen) atoms. The third kappa shape index (κ3) is 7.90. The predicted molar refractivity (Wildman–Crippen MR) is 165 cm³/mol. The highest BCUT2D eigenvalue weighted by molar-refractivity contribution is 7.98.